The van der Waals surface area contributed by atoms with Gasteiger partial charge in [-0.05, 0) is 61.6 Å². The highest BCUT2D eigenvalue weighted by Gasteiger charge is 2.18. The molecule has 0 aliphatic rings. The number of carbonyl (C=O) groups is 2. The summed E-state index contributed by atoms with van der Waals surface area (Å²) in [6.45, 7) is 12.3. The van der Waals surface area contributed by atoms with Gasteiger partial charge < -0.3 is 14.8 Å². The molecule has 1 N–H and O–H groups in total. The third-order valence-electron chi connectivity index (χ3n) is 6.01. The van der Waals surface area contributed by atoms with E-state index in [1.165, 1.54) is 5.56 Å². The number of alkyl carbamates (subject to hydrolysis) is 1. The lowest BCUT2D eigenvalue weighted by Gasteiger charge is -2.19. The maximum Gasteiger partial charge on any atom is 0.407 e. The van der Waals surface area contributed by atoms with Gasteiger partial charge in [0.05, 0.1) is 16.6 Å². The van der Waals surface area contributed by atoms with Crippen molar-refractivity contribution >= 4 is 23.1 Å². The standard InChI is InChI=1S/C31H35N3O4/c1-30(2,3)24-17-15-22(16-18-24)27-33-25-9-7-8-10-26(25)34(27)20-37-28(35)23-13-11-21(12-14-23)19-32-29(36)38-31(4,5)6/h7-18H,19-20H2,1-6H3,(H,32,36). The van der Waals surface area contributed by atoms with Gasteiger partial charge in [0, 0.05) is 12.1 Å². The summed E-state index contributed by atoms with van der Waals surface area (Å²) in [5.74, 6) is 0.298. The minimum absolute atomic E-state index is 0.0254. The van der Waals surface area contributed by atoms with Crippen molar-refractivity contribution in [1.82, 2.24) is 14.9 Å². The number of carbonyl (C=O) groups excluding carboxylic acids is 2. The van der Waals surface area contributed by atoms with Crippen LogP contribution in [0.2, 0.25) is 0 Å². The molecule has 0 atom stereocenters. The summed E-state index contributed by atoms with van der Waals surface area (Å²) in [5.41, 5.74) is 4.66. The predicted octanol–water partition coefficient (Wildman–Crippen LogP) is 6.84. The Balaban J connectivity index is 1.46. The molecule has 7 nitrogen and oxygen atoms in total. The number of hydrogen-bond acceptors (Lipinski definition) is 5. The van der Waals surface area contributed by atoms with Gasteiger partial charge in [-0.3, -0.25) is 4.57 Å². The molecule has 1 amide bonds. The third kappa shape index (κ3) is 6.59. The van der Waals surface area contributed by atoms with Crippen molar-refractivity contribution in [2.75, 3.05) is 0 Å². The van der Waals surface area contributed by atoms with Crippen LogP contribution in [-0.4, -0.2) is 27.2 Å². The highest BCUT2D eigenvalue weighted by molar-refractivity contribution is 5.89. The fourth-order valence-electron chi connectivity index (χ4n) is 4.00. The van der Waals surface area contributed by atoms with E-state index in [0.29, 0.717) is 12.1 Å². The second-order valence-corrected chi connectivity index (χ2v) is 11.3. The molecule has 0 saturated heterocycles. The Morgan fingerprint density at radius 3 is 2.16 bits per heavy atom. The number of benzene rings is 3. The quantitative estimate of drug-likeness (QED) is 0.286. The molecule has 0 spiro atoms. The van der Waals surface area contributed by atoms with Crippen LogP contribution in [0.15, 0.2) is 72.8 Å². The molecule has 198 valence electrons. The van der Waals surface area contributed by atoms with Crippen molar-refractivity contribution in [2.24, 2.45) is 0 Å². The molecule has 1 aromatic heterocycles. The van der Waals surface area contributed by atoms with E-state index >= 15 is 0 Å². The molecule has 4 rings (SSSR count). The number of fused-ring (bicyclic) bond motifs is 1. The molecule has 0 aliphatic carbocycles. The fraction of sp³-hybridized carbons (Fsp3) is 0.323. The van der Waals surface area contributed by atoms with Gasteiger partial charge in [0.25, 0.3) is 0 Å². The first-order valence-corrected chi connectivity index (χ1v) is 12.7. The number of rotatable bonds is 6. The van der Waals surface area contributed by atoms with E-state index in [2.05, 4.69) is 50.4 Å². The number of nitrogens with one attached hydrogen (secondary N) is 1. The number of ether oxygens (including phenoxy) is 2. The first-order valence-electron chi connectivity index (χ1n) is 12.7. The largest absolute Gasteiger partial charge is 0.444 e. The van der Waals surface area contributed by atoms with Gasteiger partial charge in [0.15, 0.2) is 6.73 Å². The Morgan fingerprint density at radius 1 is 0.868 bits per heavy atom. The van der Waals surface area contributed by atoms with E-state index in [0.717, 1.165) is 28.0 Å². The third-order valence-corrected chi connectivity index (χ3v) is 6.01. The van der Waals surface area contributed by atoms with Crippen LogP contribution >= 0.6 is 0 Å². The fourth-order valence-corrected chi connectivity index (χ4v) is 4.00. The average Bonchev–Trinajstić information content (AvgIpc) is 3.23. The minimum atomic E-state index is -0.562. The van der Waals surface area contributed by atoms with E-state index in [4.69, 9.17) is 14.5 Å². The maximum atomic E-state index is 12.9. The number of esters is 1. The van der Waals surface area contributed by atoms with E-state index < -0.39 is 17.7 Å². The molecule has 0 bridgehead atoms. The van der Waals surface area contributed by atoms with Crippen molar-refractivity contribution < 1.29 is 19.1 Å². The summed E-state index contributed by atoms with van der Waals surface area (Å²) in [5, 5.41) is 2.71. The number of aromatic nitrogens is 2. The van der Waals surface area contributed by atoms with E-state index in [9.17, 15) is 9.59 Å². The molecule has 1 heterocycles. The smallest absolute Gasteiger partial charge is 0.407 e. The lowest BCUT2D eigenvalue weighted by atomic mass is 9.87. The van der Waals surface area contributed by atoms with Gasteiger partial charge in [0.1, 0.15) is 11.4 Å². The first kappa shape index (κ1) is 26.9. The Morgan fingerprint density at radius 2 is 1.53 bits per heavy atom. The molecule has 0 saturated carbocycles. The zero-order chi connectivity index (χ0) is 27.5. The lowest BCUT2D eigenvalue weighted by molar-refractivity contribution is 0.0380. The summed E-state index contributed by atoms with van der Waals surface area (Å²) in [7, 11) is 0. The van der Waals surface area contributed by atoms with Crippen LogP contribution in [0.1, 0.15) is 63.0 Å². The summed E-state index contributed by atoms with van der Waals surface area (Å²) in [6.07, 6.45) is -0.489. The summed E-state index contributed by atoms with van der Waals surface area (Å²) < 4.78 is 12.9. The predicted molar refractivity (Wildman–Crippen MR) is 149 cm³/mol. The molecular formula is C31H35N3O4. The number of nitrogens with zero attached hydrogens (tertiary/aromatic N) is 2. The summed E-state index contributed by atoms with van der Waals surface area (Å²) in [4.78, 5) is 29.6. The number of para-hydroxylation sites is 2. The highest BCUT2D eigenvalue weighted by atomic mass is 16.6. The van der Waals surface area contributed by atoms with Gasteiger partial charge in [-0.25, -0.2) is 14.6 Å². The van der Waals surface area contributed by atoms with Crippen molar-refractivity contribution in [3.63, 3.8) is 0 Å². The van der Waals surface area contributed by atoms with Gasteiger partial charge in [-0.15, -0.1) is 0 Å². The second kappa shape index (κ2) is 10.7. The first-order chi connectivity index (χ1) is 17.9. The van der Waals surface area contributed by atoms with E-state index in [-0.39, 0.29) is 12.1 Å². The van der Waals surface area contributed by atoms with Gasteiger partial charge in [-0.2, -0.15) is 0 Å². The van der Waals surface area contributed by atoms with Gasteiger partial charge in [-0.1, -0.05) is 69.3 Å². The Kier molecular flexibility index (Phi) is 7.58. The Hall–Kier alpha value is -4.13. The zero-order valence-corrected chi connectivity index (χ0v) is 22.9. The highest BCUT2D eigenvalue weighted by Crippen LogP contribution is 2.28. The Labute approximate surface area is 223 Å². The van der Waals surface area contributed by atoms with E-state index in [1.807, 2.05) is 49.6 Å². The second-order valence-electron chi connectivity index (χ2n) is 11.3. The molecule has 7 heteroatoms. The SMILES string of the molecule is CC(C)(C)OC(=O)NCc1ccc(C(=O)OCn2c(-c3ccc(C(C)(C)C)cc3)nc3ccccc32)cc1. The van der Waals surface area contributed by atoms with Gasteiger partial charge >= 0.3 is 12.1 Å². The van der Waals surface area contributed by atoms with Crippen LogP contribution in [0.25, 0.3) is 22.4 Å². The van der Waals surface area contributed by atoms with Crippen LogP contribution in [0.5, 0.6) is 0 Å². The molecule has 0 unspecified atom stereocenters. The number of imidazole rings is 1. The zero-order valence-electron chi connectivity index (χ0n) is 22.9. The van der Waals surface area contributed by atoms with Crippen LogP contribution in [0.3, 0.4) is 0 Å². The van der Waals surface area contributed by atoms with Gasteiger partial charge in [0.2, 0.25) is 0 Å². The van der Waals surface area contributed by atoms with Crippen LogP contribution < -0.4 is 5.32 Å². The van der Waals surface area contributed by atoms with Crippen molar-refractivity contribution in [1.29, 1.82) is 0 Å². The molecule has 38 heavy (non-hydrogen) atoms. The van der Waals surface area contributed by atoms with Crippen molar-refractivity contribution in [3.05, 3.63) is 89.5 Å². The average molecular weight is 514 g/mol. The van der Waals surface area contributed by atoms with Crippen molar-refractivity contribution in [3.8, 4) is 11.4 Å². The monoisotopic (exact) mass is 513 g/mol. The number of hydrogen-bond donors (Lipinski definition) is 1. The molecule has 0 aliphatic heterocycles. The molecule has 0 radical (unpaired) electrons. The Bertz CT molecular complexity index is 1420. The topological polar surface area (TPSA) is 82.5 Å². The normalized spacial score (nSPS) is 11.8. The van der Waals surface area contributed by atoms with Crippen LogP contribution in [0.4, 0.5) is 4.79 Å². The van der Waals surface area contributed by atoms with Crippen LogP contribution in [-0.2, 0) is 28.2 Å². The maximum absolute atomic E-state index is 12.9. The minimum Gasteiger partial charge on any atom is -0.444 e. The summed E-state index contributed by atoms with van der Waals surface area (Å²) in [6, 6.07) is 23.1. The lowest BCUT2D eigenvalue weighted by Crippen LogP contribution is -2.32. The van der Waals surface area contributed by atoms with Crippen molar-refractivity contribution in [2.45, 2.75) is 65.8 Å². The van der Waals surface area contributed by atoms with Crippen LogP contribution in [0, 0.1) is 0 Å². The summed E-state index contributed by atoms with van der Waals surface area (Å²) >= 11 is 0. The molecule has 3 aromatic carbocycles. The molecule has 0 fully saturated rings. The number of amides is 1. The van der Waals surface area contributed by atoms with E-state index in [1.54, 1.807) is 24.3 Å². The molecule has 4 aromatic rings. The molecular weight excluding hydrogens is 478 g/mol.